The number of hydrogen-bond acceptors (Lipinski definition) is 2. The molecule has 0 bridgehead atoms. The maximum absolute atomic E-state index is 6.12. The molecule has 0 atom stereocenters. The topological polar surface area (TPSA) is 43.8 Å². The van der Waals surface area contributed by atoms with Crippen molar-refractivity contribution in [2.24, 2.45) is 11.8 Å². The van der Waals surface area contributed by atoms with E-state index in [1.807, 2.05) is 0 Å². The molecular weight excluding hydrogens is 234 g/mol. The maximum atomic E-state index is 6.12. The van der Waals surface area contributed by atoms with E-state index in [-0.39, 0.29) is 0 Å². The van der Waals surface area contributed by atoms with E-state index < -0.39 is 0 Å². The second-order valence-electron chi connectivity index (χ2n) is 6.15. The average Bonchev–Trinajstić information content (AvgIpc) is 2.70. The third-order valence-electron chi connectivity index (χ3n) is 4.57. The van der Waals surface area contributed by atoms with E-state index >= 15 is 0 Å². The molecule has 0 radical (unpaired) electrons. The van der Waals surface area contributed by atoms with E-state index in [2.05, 4.69) is 41.6 Å². The number of para-hydroxylation sites is 1. The van der Waals surface area contributed by atoms with Crippen LogP contribution in [0.5, 0.6) is 0 Å². The predicted molar refractivity (Wildman–Crippen MR) is 80.0 cm³/mol. The Labute approximate surface area is 114 Å². The van der Waals surface area contributed by atoms with Gasteiger partial charge in [-0.2, -0.15) is 0 Å². The Kier molecular flexibility index (Phi) is 3.21. The molecule has 1 saturated carbocycles. The lowest BCUT2D eigenvalue weighted by Gasteiger charge is -2.27. The third-order valence-corrected chi connectivity index (χ3v) is 4.57. The molecule has 3 rings (SSSR count). The van der Waals surface area contributed by atoms with Gasteiger partial charge in [0.2, 0.25) is 5.95 Å². The van der Waals surface area contributed by atoms with Gasteiger partial charge in [-0.05, 0) is 43.2 Å². The van der Waals surface area contributed by atoms with Crippen molar-refractivity contribution in [3.63, 3.8) is 0 Å². The molecular formula is C16H23N3. The minimum atomic E-state index is 0.669. The van der Waals surface area contributed by atoms with Crippen molar-refractivity contribution < 1.29 is 0 Å². The van der Waals surface area contributed by atoms with Gasteiger partial charge >= 0.3 is 0 Å². The van der Waals surface area contributed by atoms with Crippen LogP contribution in [-0.2, 0) is 6.54 Å². The van der Waals surface area contributed by atoms with Gasteiger partial charge in [-0.25, -0.2) is 4.98 Å². The lowest BCUT2D eigenvalue weighted by Crippen LogP contribution is -2.18. The van der Waals surface area contributed by atoms with Crippen LogP contribution < -0.4 is 5.73 Å². The highest BCUT2D eigenvalue weighted by atomic mass is 15.2. The van der Waals surface area contributed by atoms with Crippen molar-refractivity contribution in [3.8, 4) is 0 Å². The number of hydrogen-bond donors (Lipinski definition) is 1. The highest BCUT2D eigenvalue weighted by Gasteiger charge is 2.20. The predicted octanol–water partition coefficient (Wildman–Crippen LogP) is 3.75. The van der Waals surface area contributed by atoms with E-state index in [1.54, 1.807) is 0 Å². The summed E-state index contributed by atoms with van der Waals surface area (Å²) in [7, 11) is 0. The molecule has 1 aromatic carbocycles. The summed E-state index contributed by atoms with van der Waals surface area (Å²) >= 11 is 0. The zero-order chi connectivity index (χ0) is 13.4. The van der Waals surface area contributed by atoms with Crippen LogP contribution in [0.1, 0.15) is 38.2 Å². The molecule has 0 spiro atoms. The van der Waals surface area contributed by atoms with Crippen LogP contribution in [-0.4, -0.2) is 9.55 Å². The number of nitrogens with zero attached hydrogens (tertiary/aromatic N) is 2. The van der Waals surface area contributed by atoms with Gasteiger partial charge in [-0.3, -0.25) is 0 Å². The second kappa shape index (κ2) is 4.87. The number of aryl methyl sites for hydroxylation is 1. The summed E-state index contributed by atoms with van der Waals surface area (Å²) in [5.74, 6) is 2.33. The Morgan fingerprint density at radius 3 is 2.74 bits per heavy atom. The molecule has 1 aromatic heterocycles. The first-order chi connectivity index (χ1) is 9.15. The van der Waals surface area contributed by atoms with Gasteiger partial charge in [-0.1, -0.05) is 31.9 Å². The zero-order valence-corrected chi connectivity index (χ0v) is 11.9. The number of aromatic nitrogens is 2. The molecule has 0 unspecified atom stereocenters. The summed E-state index contributed by atoms with van der Waals surface area (Å²) in [6.07, 6.45) is 5.37. The fourth-order valence-corrected chi connectivity index (χ4v) is 3.34. The average molecular weight is 257 g/mol. The van der Waals surface area contributed by atoms with Crippen molar-refractivity contribution in [2.45, 2.75) is 46.1 Å². The van der Waals surface area contributed by atoms with Gasteiger partial charge in [0, 0.05) is 6.54 Å². The summed E-state index contributed by atoms with van der Waals surface area (Å²) < 4.78 is 2.23. The summed E-state index contributed by atoms with van der Waals surface area (Å²) in [6.45, 7) is 5.53. The van der Waals surface area contributed by atoms with Gasteiger partial charge in [0.05, 0.1) is 11.0 Å². The normalized spacial score (nSPS) is 23.9. The lowest BCUT2D eigenvalue weighted by atomic mass is 9.83. The Morgan fingerprint density at radius 2 is 2.00 bits per heavy atom. The van der Waals surface area contributed by atoms with Crippen molar-refractivity contribution in [3.05, 3.63) is 23.8 Å². The lowest BCUT2D eigenvalue weighted by molar-refractivity contribution is 0.267. The Hall–Kier alpha value is -1.51. The van der Waals surface area contributed by atoms with Gasteiger partial charge < -0.3 is 10.3 Å². The minimum Gasteiger partial charge on any atom is -0.369 e. The quantitative estimate of drug-likeness (QED) is 0.890. The first-order valence-electron chi connectivity index (χ1n) is 7.36. The molecule has 3 nitrogen and oxygen atoms in total. The number of benzene rings is 1. The van der Waals surface area contributed by atoms with Gasteiger partial charge in [0.1, 0.15) is 0 Å². The molecule has 1 aliphatic rings. The number of nitrogens with two attached hydrogens (primary N) is 1. The summed E-state index contributed by atoms with van der Waals surface area (Å²) in [4.78, 5) is 4.50. The van der Waals surface area contributed by atoms with E-state index in [0.717, 1.165) is 23.9 Å². The molecule has 102 valence electrons. The zero-order valence-electron chi connectivity index (χ0n) is 11.9. The monoisotopic (exact) mass is 257 g/mol. The molecule has 3 heteroatoms. The van der Waals surface area contributed by atoms with Gasteiger partial charge in [0.25, 0.3) is 0 Å². The highest BCUT2D eigenvalue weighted by Crippen LogP contribution is 2.31. The molecule has 2 N–H and O–H groups in total. The highest BCUT2D eigenvalue weighted by molar-refractivity contribution is 5.81. The van der Waals surface area contributed by atoms with Crippen molar-refractivity contribution >= 4 is 17.0 Å². The molecule has 0 saturated heterocycles. The summed E-state index contributed by atoms with van der Waals surface area (Å²) in [6, 6.07) is 6.25. The fourth-order valence-electron chi connectivity index (χ4n) is 3.34. The molecule has 1 fully saturated rings. The smallest absolute Gasteiger partial charge is 0.201 e. The first kappa shape index (κ1) is 12.5. The standard InChI is InChI=1S/C16H23N3/c1-11-6-8-13(9-7-11)10-19-15-12(2)4-3-5-14(15)18-16(19)17/h3-5,11,13H,6-10H2,1-2H3,(H2,17,18). The van der Waals surface area contributed by atoms with E-state index in [0.29, 0.717) is 5.95 Å². The van der Waals surface area contributed by atoms with Gasteiger partial charge in [-0.15, -0.1) is 0 Å². The molecule has 0 aliphatic heterocycles. The Morgan fingerprint density at radius 1 is 1.26 bits per heavy atom. The van der Waals surface area contributed by atoms with Crippen LogP contribution in [0, 0.1) is 18.8 Å². The molecule has 19 heavy (non-hydrogen) atoms. The number of imidazole rings is 1. The SMILES string of the molecule is Cc1cccc2nc(N)n(CC3CCC(C)CC3)c12. The van der Waals surface area contributed by atoms with Crippen LogP contribution >= 0.6 is 0 Å². The molecule has 2 aromatic rings. The van der Waals surface area contributed by atoms with Crippen LogP contribution in [0.3, 0.4) is 0 Å². The Balaban J connectivity index is 1.90. The van der Waals surface area contributed by atoms with Crippen molar-refractivity contribution in [2.75, 3.05) is 5.73 Å². The summed E-state index contributed by atoms with van der Waals surface area (Å²) in [5.41, 5.74) is 9.64. The van der Waals surface area contributed by atoms with Crippen molar-refractivity contribution in [1.82, 2.24) is 9.55 Å². The second-order valence-corrected chi connectivity index (χ2v) is 6.15. The third kappa shape index (κ3) is 2.34. The van der Waals surface area contributed by atoms with Crippen LogP contribution in [0.2, 0.25) is 0 Å². The minimum absolute atomic E-state index is 0.669. The van der Waals surface area contributed by atoms with E-state index in [1.165, 1.54) is 36.8 Å². The molecule has 0 amide bonds. The maximum Gasteiger partial charge on any atom is 0.201 e. The molecule has 1 heterocycles. The van der Waals surface area contributed by atoms with E-state index in [4.69, 9.17) is 5.73 Å². The Bertz CT molecular complexity index is 577. The van der Waals surface area contributed by atoms with E-state index in [9.17, 15) is 0 Å². The van der Waals surface area contributed by atoms with Crippen molar-refractivity contribution in [1.29, 1.82) is 0 Å². The van der Waals surface area contributed by atoms with Crippen LogP contribution in [0.15, 0.2) is 18.2 Å². The number of fused-ring (bicyclic) bond motifs is 1. The van der Waals surface area contributed by atoms with Crippen LogP contribution in [0.4, 0.5) is 5.95 Å². The largest absolute Gasteiger partial charge is 0.369 e. The first-order valence-corrected chi connectivity index (χ1v) is 7.36. The van der Waals surface area contributed by atoms with Crippen LogP contribution in [0.25, 0.3) is 11.0 Å². The fraction of sp³-hybridized carbons (Fsp3) is 0.562. The number of anilines is 1. The number of nitrogen functional groups attached to an aromatic ring is 1. The van der Waals surface area contributed by atoms with Gasteiger partial charge in [0.15, 0.2) is 0 Å². The number of rotatable bonds is 2. The molecule has 1 aliphatic carbocycles. The summed E-state index contributed by atoms with van der Waals surface area (Å²) in [5, 5.41) is 0.